The van der Waals surface area contributed by atoms with E-state index in [0.29, 0.717) is 0 Å². The van der Waals surface area contributed by atoms with Gasteiger partial charge in [-0.25, -0.2) is 4.39 Å². The van der Waals surface area contributed by atoms with Gasteiger partial charge in [-0.05, 0) is 11.6 Å². The molecule has 1 aromatic rings. The number of rotatable bonds is 2. The summed E-state index contributed by atoms with van der Waals surface area (Å²) in [7, 11) is 0. The smallest absolute Gasteiger partial charge is 0.396 e. The van der Waals surface area contributed by atoms with Crippen molar-refractivity contribution >= 4 is 0 Å². The minimum absolute atomic E-state index is 0.218. The van der Waals surface area contributed by atoms with E-state index in [9.17, 15) is 17.6 Å². The molecular weight excluding hydrogens is 212 g/mol. The molecule has 0 fully saturated rings. The van der Waals surface area contributed by atoms with Crippen LogP contribution < -0.4 is 0 Å². The fraction of sp³-hybridized carbons (Fsp3) is 0.400. The summed E-state index contributed by atoms with van der Waals surface area (Å²) in [6.07, 6.45) is -4.73. The van der Waals surface area contributed by atoms with Crippen LogP contribution in [-0.2, 0) is 6.18 Å². The van der Waals surface area contributed by atoms with Crippen LogP contribution in [0.4, 0.5) is 17.6 Å². The van der Waals surface area contributed by atoms with Crippen LogP contribution in [0, 0.1) is 5.82 Å². The molecule has 15 heavy (non-hydrogen) atoms. The largest absolute Gasteiger partial charge is 0.419 e. The van der Waals surface area contributed by atoms with E-state index in [0.717, 1.165) is 6.07 Å². The lowest BCUT2D eigenvalue weighted by Gasteiger charge is -2.17. The molecule has 1 nitrogen and oxygen atoms in total. The van der Waals surface area contributed by atoms with Crippen molar-refractivity contribution < 1.29 is 22.7 Å². The average molecular weight is 222 g/mol. The maximum Gasteiger partial charge on any atom is 0.419 e. The molecule has 0 aromatic heterocycles. The SMILES string of the molecule is CC(CO)c1cccc(F)c1C(F)(F)F. The number of benzene rings is 1. The van der Waals surface area contributed by atoms with Gasteiger partial charge in [0.05, 0.1) is 5.56 Å². The molecule has 1 N–H and O–H groups in total. The zero-order valence-electron chi connectivity index (χ0n) is 7.98. The van der Waals surface area contributed by atoms with E-state index in [1.807, 2.05) is 0 Å². The topological polar surface area (TPSA) is 20.2 Å². The summed E-state index contributed by atoms with van der Waals surface area (Å²) in [6.45, 7) is 0.955. The Morgan fingerprint density at radius 2 is 1.93 bits per heavy atom. The minimum Gasteiger partial charge on any atom is -0.396 e. The summed E-state index contributed by atoms with van der Waals surface area (Å²) in [6, 6.07) is 3.13. The van der Waals surface area contributed by atoms with E-state index in [1.54, 1.807) is 0 Å². The van der Waals surface area contributed by atoms with Crippen molar-refractivity contribution in [2.75, 3.05) is 6.61 Å². The monoisotopic (exact) mass is 222 g/mol. The van der Waals surface area contributed by atoms with Gasteiger partial charge in [-0.2, -0.15) is 13.2 Å². The summed E-state index contributed by atoms with van der Waals surface area (Å²) in [5.41, 5.74) is -1.50. The lowest BCUT2D eigenvalue weighted by Crippen LogP contribution is -2.15. The molecule has 0 bridgehead atoms. The molecule has 0 amide bonds. The van der Waals surface area contributed by atoms with Crippen molar-refractivity contribution in [2.24, 2.45) is 0 Å². The van der Waals surface area contributed by atoms with Crippen LogP contribution >= 0.6 is 0 Å². The molecule has 1 aromatic carbocycles. The van der Waals surface area contributed by atoms with E-state index >= 15 is 0 Å². The Balaban J connectivity index is 3.33. The molecule has 5 heteroatoms. The Labute approximate surface area is 84.3 Å². The van der Waals surface area contributed by atoms with E-state index in [2.05, 4.69) is 0 Å². The predicted molar refractivity (Wildman–Crippen MR) is 46.9 cm³/mol. The van der Waals surface area contributed by atoms with Gasteiger partial charge in [0.25, 0.3) is 0 Å². The normalized spacial score (nSPS) is 14.0. The van der Waals surface area contributed by atoms with Gasteiger partial charge in [-0.1, -0.05) is 19.1 Å². The summed E-state index contributed by atoms with van der Waals surface area (Å²) >= 11 is 0. The van der Waals surface area contributed by atoms with E-state index in [4.69, 9.17) is 5.11 Å². The number of hydrogen-bond acceptors (Lipinski definition) is 1. The first-order valence-electron chi connectivity index (χ1n) is 4.34. The molecule has 84 valence electrons. The number of hydrogen-bond donors (Lipinski definition) is 1. The Kier molecular flexibility index (Phi) is 3.34. The van der Waals surface area contributed by atoms with Gasteiger partial charge in [-0.3, -0.25) is 0 Å². The van der Waals surface area contributed by atoms with Crippen LogP contribution in [-0.4, -0.2) is 11.7 Å². The highest BCUT2D eigenvalue weighted by Crippen LogP contribution is 2.36. The third-order valence-corrected chi connectivity index (χ3v) is 2.13. The highest BCUT2D eigenvalue weighted by Gasteiger charge is 2.37. The van der Waals surface area contributed by atoms with Gasteiger partial charge in [0.2, 0.25) is 0 Å². The van der Waals surface area contributed by atoms with Crippen LogP contribution in [0.5, 0.6) is 0 Å². The standard InChI is InChI=1S/C10H10F4O/c1-6(5-15)7-3-2-4-8(11)9(7)10(12,13)14/h2-4,6,15H,5H2,1H3. The van der Waals surface area contributed by atoms with Crippen LogP contribution in [0.3, 0.4) is 0 Å². The fourth-order valence-corrected chi connectivity index (χ4v) is 1.35. The quantitative estimate of drug-likeness (QED) is 0.763. The third-order valence-electron chi connectivity index (χ3n) is 2.13. The molecule has 0 radical (unpaired) electrons. The molecule has 0 saturated carbocycles. The van der Waals surface area contributed by atoms with Crippen LogP contribution in [0.1, 0.15) is 24.0 Å². The zero-order valence-corrected chi connectivity index (χ0v) is 7.98. The molecule has 0 aliphatic carbocycles. The second-order valence-electron chi connectivity index (χ2n) is 3.29. The number of aliphatic hydroxyl groups excluding tert-OH is 1. The van der Waals surface area contributed by atoms with E-state index in [1.165, 1.54) is 19.1 Å². The van der Waals surface area contributed by atoms with Gasteiger partial charge >= 0.3 is 6.18 Å². The fourth-order valence-electron chi connectivity index (χ4n) is 1.35. The van der Waals surface area contributed by atoms with Crippen molar-refractivity contribution in [2.45, 2.75) is 19.0 Å². The van der Waals surface area contributed by atoms with Crippen molar-refractivity contribution in [3.63, 3.8) is 0 Å². The zero-order chi connectivity index (χ0) is 11.6. The second-order valence-corrected chi connectivity index (χ2v) is 3.29. The van der Waals surface area contributed by atoms with E-state index in [-0.39, 0.29) is 5.56 Å². The van der Waals surface area contributed by atoms with Crippen molar-refractivity contribution in [3.05, 3.63) is 35.1 Å². The van der Waals surface area contributed by atoms with E-state index < -0.39 is 30.1 Å². The molecule has 1 unspecified atom stereocenters. The van der Waals surface area contributed by atoms with Gasteiger partial charge in [0.15, 0.2) is 0 Å². The maximum atomic E-state index is 13.0. The maximum absolute atomic E-state index is 13.0. The first-order valence-corrected chi connectivity index (χ1v) is 4.34. The first kappa shape index (κ1) is 12.0. The number of aliphatic hydroxyl groups is 1. The minimum atomic E-state index is -4.73. The number of alkyl halides is 3. The Bertz CT molecular complexity index is 346. The van der Waals surface area contributed by atoms with Crippen LogP contribution in [0.15, 0.2) is 18.2 Å². The summed E-state index contributed by atoms with van der Waals surface area (Å²) in [5.74, 6) is -2.04. The molecular formula is C10H10F4O. The molecule has 1 rings (SSSR count). The van der Waals surface area contributed by atoms with Crippen molar-refractivity contribution in [1.29, 1.82) is 0 Å². The Morgan fingerprint density at radius 3 is 2.40 bits per heavy atom. The highest BCUT2D eigenvalue weighted by atomic mass is 19.4. The molecule has 1 atom stereocenters. The predicted octanol–water partition coefficient (Wildman–Crippen LogP) is 2.94. The summed E-state index contributed by atoms with van der Waals surface area (Å²) in [4.78, 5) is 0. The van der Waals surface area contributed by atoms with Crippen molar-refractivity contribution in [1.82, 2.24) is 0 Å². The number of halogens is 4. The van der Waals surface area contributed by atoms with Crippen LogP contribution in [0.2, 0.25) is 0 Å². The first-order chi connectivity index (χ1) is 6.88. The molecule has 0 spiro atoms. The Morgan fingerprint density at radius 1 is 1.33 bits per heavy atom. The van der Waals surface area contributed by atoms with Crippen molar-refractivity contribution in [3.8, 4) is 0 Å². The molecule has 0 aliphatic heterocycles. The van der Waals surface area contributed by atoms with Gasteiger partial charge in [0.1, 0.15) is 5.82 Å². The lowest BCUT2D eigenvalue weighted by atomic mass is 9.95. The molecule has 0 saturated heterocycles. The average Bonchev–Trinajstić information content (AvgIpc) is 2.14. The van der Waals surface area contributed by atoms with Gasteiger partial charge in [0, 0.05) is 12.5 Å². The van der Waals surface area contributed by atoms with Gasteiger partial charge in [-0.15, -0.1) is 0 Å². The van der Waals surface area contributed by atoms with Gasteiger partial charge < -0.3 is 5.11 Å². The molecule has 0 aliphatic rings. The lowest BCUT2D eigenvalue weighted by molar-refractivity contribution is -0.140. The highest BCUT2D eigenvalue weighted by molar-refractivity contribution is 5.33. The second kappa shape index (κ2) is 4.18. The molecule has 0 heterocycles. The summed E-state index contributed by atoms with van der Waals surface area (Å²) in [5, 5.41) is 8.78. The third kappa shape index (κ3) is 2.47. The van der Waals surface area contributed by atoms with Crippen LogP contribution in [0.25, 0.3) is 0 Å². The summed E-state index contributed by atoms with van der Waals surface area (Å²) < 4.78 is 50.5. The Hall–Kier alpha value is -1.10.